The van der Waals surface area contributed by atoms with Gasteiger partial charge < -0.3 is 41.3 Å². The molecule has 5 aliphatic rings. The number of aliphatic carboxylic acids is 1. The number of ether oxygens (including phenoxy) is 1. The molecule has 0 aromatic heterocycles. The van der Waals surface area contributed by atoms with Gasteiger partial charge in [0.05, 0.1) is 31.4 Å². The van der Waals surface area contributed by atoms with Crippen LogP contribution >= 0.6 is 0 Å². The van der Waals surface area contributed by atoms with Gasteiger partial charge in [-0.2, -0.15) is 0 Å². The van der Waals surface area contributed by atoms with Crippen molar-refractivity contribution in [1.29, 1.82) is 0 Å². The van der Waals surface area contributed by atoms with Gasteiger partial charge >= 0.3 is 5.97 Å². The van der Waals surface area contributed by atoms with Crippen molar-refractivity contribution in [3.8, 4) is 0 Å². The molecule has 3 saturated carbocycles. The number of allylic oxidation sites excluding steroid dienone is 1. The van der Waals surface area contributed by atoms with Gasteiger partial charge in [0.1, 0.15) is 5.60 Å². The SMILES string of the molecule is CNCCN=C(N)N1C=CC(CNCCO)C2(C1)C1CCC(C)C23CC(O)(COC2CCCCC2)C(C(=O)O)=C3C1. The Morgan fingerprint density at radius 3 is 2.71 bits per heavy atom. The second kappa shape index (κ2) is 12.3. The molecule has 6 atom stereocenters. The van der Waals surface area contributed by atoms with E-state index in [1.165, 1.54) is 6.42 Å². The zero-order valence-corrected chi connectivity index (χ0v) is 24.9. The standard InChI is InChI=1S/C31H51N5O5/c1-21-8-9-22-16-25-26(27(38)39)29(40,20-41-24-6-4-3-5-7-24)18-30(21,25)31(22)19-36(28(32)35-12-11-33-2)14-10-23(31)17-34-13-15-37/h10,14,21-24,33-34,37,40H,3-9,11-13,15-20H2,1-2H3,(H2,32,35)(H,38,39). The van der Waals surface area contributed by atoms with E-state index >= 15 is 0 Å². The lowest BCUT2D eigenvalue weighted by Crippen LogP contribution is -2.62. The topological polar surface area (TPSA) is 153 Å². The average Bonchev–Trinajstić information content (AvgIpc) is 3.31. The van der Waals surface area contributed by atoms with E-state index in [0.29, 0.717) is 45.0 Å². The number of aliphatic hydroxyl groups excluding tert-OH is 1. The number of likely N-dealkylation sites (N-methyl/N-ethyl adjacent to an activating group) is 1. The van der Waals surface area contributed by atoms with Gasteiger partial charge in [-0.3, -0.25) is 4.99 Å². The van der Waals surface area contributed by atoms with Crippen LogP contribution in [0.15, 0.2) is 28.4 Å². The minimum atomic E-state index is -1.54. The second-order valence-electron chi connectivity index (χ2n) is 13.2. The maximum atomic E-state index is 13.0. The third-order valence-electron chi connectivity index (χ3n) is 11.2. The number of carboxylic acids is 1. The molecule has 3 fully saturated rings. The summed E-state index contributed by atoms with van der Waals surface area (Å²) >= 11 is 0. The normalized spacial score (nSPS) is 37.3. The first-order valence-electron chi connectivity index (χ1n) is 15.8. The van der Waals surface area contributed by atoms with Gasteiger partial charge in [0.2, 0.25) is 0 Å². The van der Waals surface area contributed by atoms with Crippen LogP contribution in [0, 0.1) is 28.6 Å². The first-order valence-corrected chi connectivity index (χ1v) is 15.8. The molecule has 0 aromatic carbocycles. The van der Waals surface area contributed by atoms with Crippen LogP contribution in [-0.4, -0.2) is 96.8 Å². The van der Waals surface area contributed by atoms with Crippen molar-refractivity contribution in [2.45, 2.75) is 76.4 Å². The summed E-state index contributed by atoms with van der Waals surface area (Å²) in [5.41, 5.74) is 5.28. The van der Waals surface area contributed by atoms with Gasteiger partial charge in [0, 0.05) is 43.2 Å². The lowest BCUT2D eigenvalue weighted by molar-refractivity contribution is -0.142. The monoisotopic (exact) mass is 573 g/mol. The number of nitrogens with zero attached hydrogens (tertiary/aromatic N) is 2. The summed E-state index contributed by atoms with van der Waals surface area (Å²) in [4.78, 5) is 19.7. The molecule has 5 rings (SSSR count). The summed E-state index contributed by atoms with van der Waals surface area (Å²) in [5.74, 6) is -0.0366. The molecular formula is C31H51N5O5. The summed E-state index contributed by atoms with van der Waals surface area (Å²) < 4.78 is 6.32. The van der Waals surface area contributed by atoms with Crippen molar-refractivity contribution >= 4 is 11.9 Å². The fraction of sp³-hybridized carbons (Fsp3) is 0.806. The van der Waals surface area contributed by atoms with Crippen LogP contribution in [0.2, 0.25) is 0 Å². The van der Waals surface area contributed by atoms with Crippen LogP contribution < -0.4 is 16.4 Å². The zero-order chi connectivity index (χ0) is 29.3. The van der Waals surface area contributed by atoms with Crippen molar-refractivity contribution in [2.24, 2.45) is 39.3 Å². The first kappa shape index (κ1) is 30.5. The zero-order valence-electron chi connectivity index (χ0n) is 24.9. The highest BCUT2D eigenvalue weighted by atomic mass is 16.5. The Hall–Kier alpha value is -1.98. The Morgan fingerprint density at radius 1 is 1.22 bits per heavy atom. The van der Waals surface area contributed by atoms with Gasteiger partial charge in [0.15, 0.2) is 5.96 Å². The van der Waals surface area contributed by atoms with Crippen LogP contribution in [0.4, 0.5) is 0 Å². The summed E-state index contributed by atoms with van der Waals surface area (Å²) in [6.45, 7) is 5.40. The largest absolute Gasteiger partial charge is 0.478 e. The molecule has 1 aliphatic heterocycles. The highest BCUT2D eigenvalue weighted by Gasteiger charge is 2.75. The predicted octanol–water partition coefficient (Wildman–Crippen LogP) is 1.84. The van der Waals surface area contributed by atoms with E-state index in [9.17, 15) is 20.1 Å². The first-order chi connectivity index (χ1) is 19.7. The van der Waals surface area contributed by atoms with Crippen LogP contribution in [-0.2, 0) is 9.53 Å². The van der Waals surface area contributed by atoms with E-state index < -0.39 is 17.0 Å². The van der Waals surface area contributed by atoms with Crippen LogP contribution in [0.25, 0.3) is 0 Å². The summed E-state index contributed by atoms with van der Waals surface area (Å²) in [6.07, 6.45) is 12.7. The number of nitrogens with two attached hydrogens (primary N) is 1. The predicted molar refractivity (Wildman–Crippen MR) is 158 cm³/mol. The van der Waals surface area contributed by atoms with Gasteiger partial charge in [-0.25, -0.2) is 4.79 Å². The van der Waals surface area contributed by atoms with E-state index in [-0.39, 0.29) is 48.1 Å². The van der Waals surface area contributed by atoms with Crippen molar-refractivity contribution in [1.82, 2.24) is 15.5 Å². The molecule has 10 nitrogen and oxygen atoms in total. The van der Waals surface area contributed by atoms with Gasteiger partial charge in [0.25, 0.3) is 0 Å². The summed E-state index contributed by atoms with van der Waals surface area (Å²) in [7, 11) is 1.89. The molecule has 0 saturated heterocycles. The molecule has 7 N–H and O–H groups in total. The molecule has 4 aliphatic carbocycles. The van der Waals surface area contributed by atoms with Crippen molar-refractivity contribution < 1.29 is 24.9 Å². The van der Waals surface area contributed by atoms with Gasteiger partial charge in [-0.1, -0.05) is 32.3 Å². The fourth-order valence-corrected chi connectivity index (χ4v) is 9.46. The molecule has 0 aromatic rings. The molecule has 10 heteroatoms. The van der Waals surface area contributed by atoms with Crippen LogP contribution in [0.5, 0.6) is 0 Å². The Balaban J connectivity index is 1.57. The van der Waals surface area contributed by atoms with Crippen molar-refractivity contribution in [2.75, 3.05) is 53.0 Å². The molecule has 2 bridgehead atoms. The summed E-state index contributed by atoms with van der Waals surface area (Å²) in [5, 5.41) is 39.0. The molecule has 230 valence electrons. The quantitative estimate of drug-likeness (QED) is 0.123. The Bertz CT molecular complexity index is 1060. The van der Waals surface area contributed by atoms with E-state index in [2.05, 4.69) is 28.6 Å². The Labute approximate surface area is 244 Å². The molecule has 2 spiro atoms. The van der Waals surface area contributed by atoms with E-state index in [4.69, 9.17) is 10.5 Å². The third kappa shape index (κ3) is 5.13. The number of hydrogen-bond donors (Lipinski definition) is 6. The van der Waals surface area contributed by atoms with Crippen molar-refractivity contribution in [3.63, 3.8) is 0 Å². The maximum absolute atomic E-state index is 13.0. The molecule has 6 unspecified atom stereocenters. The van der Waals surface area contributed by atoms with E-state index in [1.54, 1.807) is 0 Å². The summed E-state index contributed by atoms with van der Waals surface area (Å²) in [6, 6.07) is 0. The second-order valence-corrected chi connectivity index (χ2v) is 13.2. The number of carbonyl (C=O) groups is 1. The molecule has 0 radical (unpaired) electrons. The number of guanidine groups is 1. The molecule has 0 amide bonds. The molecular weight excluding hydrogens is 522 g/mol. The number of aliphatic hydroxyl groups is 2. The van der Waals surface area contributed by atoms with E-state index in [1.807, 2.05) is 18.1 Å². The van der Waals surface area contributed by atoms with Gasteiger partial charge in [-0.15, -0.1) is 0 Å². The third-order valence-corrected chi connectivity index (χ3v) is 11.2. The molecule has 1 heterocycles. The number of aliphatic imine (C=N–C) groups is 1. The lowest BCUT2D eigenvalue weighted by atomic mass is 9.46. The Kier molecular flexibility index (Phi) is 9.16. The maximum Gasteiger partial charge on any atom is 0.334 e. The minimum absolute atomic E-state index is 0.0264. The number of rotatable bonds is 11. The number of carboxylic acid groups (broad SMARTS) is 1. The van der Waals surface area contributed by atoms with E-state index in [0.717, 1.165) is 50.6 Å². The smallest absolute Gasteiger partial charge is 0.334 e. The lowest BCUT2D eigenvalue weighted by Gasteiger charge is -2.61. The fourth-order valence-electron chi connectivity index (χ4n) is 9.46. The number of nitrogens with one attached hydrogen (secondary N) is 2. The minimum Gasteiger partial charge on any atom is -0.478 e. The number of hydrogen-bond acceptors (Lipinski definition) is 7. The highest BCUT2D eigenvalue weighted by Crippen LogP contribution is 2.77. The van der Waals surface area contributed by atoms with Crippen LogP contribution in [0.1, 0.15) is 64.7 Å². The average molecular weight is 574 g/mol. The van der Waals surface area contributed by atoms with Crippen LogP contribution in [0.3, 0.4) is 0 Å². The van der Waals surface area contributed by atoms with Crippen molar-refractivity contribution in [3.05, 3.63) is 23.4 Å². The Morgan fingerprint density at radius 2 is 2.00 bits per heavy atom. The van der Waals surface area contributed by atoms with Gasteiger partial charge in [-0.05, 0) is 68.9 Å². The highest BCUT2D eigenvalue weighted by molar-refractivity contribution is 5.92. The molecule has 41 heavy (non-hydrogen) atoms.